The van der Waals surface area contributed by atoms with E-state index in [1.807, 2.05) is 42.7 Å². The number of carbonyl (C=O) groups excluding carboxylic acids is 1. The molecule has 9 heteroatoms. The monoisotopic (exact) mass is 493 g/mol. The number of H-pyrrole nitrogens is 1. The van der Waals surface area contributed by atoms with Gasteiger partial charge < -0.3 is 14.3 Å². The molecule has 3 heterocycles. The average molecular weight is 494 g/mol. The predicted molar refractivity (Wildman–Crippen MR) is 135 cm³/mol. The maximum Gasteiger partial charge on any atom is 0.192 e. The van der Waals surface area contributed by atoms with Crippen LogP contribution in [0, 0.1) is 12.7 Å². The van der Waals surface area contributed by atoms with Crippen molar-refractivity contribution in [2.75, 3.05) is 32.8 Å². The average Bonchev–Trinajstić information content (AvgIpc) is 3.43. The molecule has 1 fully saturated rings. The Hall–Kier alpha value is -3.01. The number of nitrogens with one attached hydrogen (secondary N) is 1. The van der Waals surface area contributed by atoms with E-state index >= 15 is 0 Å². The fourth-order valence-electron chi connectivity index (χ4n) is 4.47. The summed E-state index contributed by atoms with van der Waals surface area (Å²) in [6, 6.07) is 14.1. The summed E-state index contributed by atoms with van der Waals surface area (Å²) in [4.78, 5) is 19.2. The van der Waals surface area contributed by atoms with E-state index in [4.69, 9.17) is 4.74 Å². The fourth-order valence-corrected chi connectivity index (χ4v) is 5.40. The number of para-hydroxylation sites is 1. The number of ketones is 1. The van der Waals surface area contributed by atoms with Crippen molar-refractivity contribution in [1.82, 2.24) is 24.6 Å². The summed E-state index contributed by atoms with van der Waals surface area (Å²) >= 11 is 1.41. The van der Waals surface area contributed by atoms with E-state index in [1.54, 1.807) is 12.1 Å². The second-order valence-corrected chi connectivity index (χ2v) is 10.0. The molecule has 2 aromatic carbocycles. The minimum atomic E-state index is -0.361. The van der Waals surface area contributed by atoms with Gasteiger partial charge in [-0.2, -0.15) is 0 Å². The highest BCUT2D eigenvalue weighted by Crippen LogP contribution is 2.31. The number of hydrogen-bond acceptors (Lipinski definition) is 6. The summed E-state index contributed by atoms with van der Waals surface area (Å²) in [7, 11) is 0. The predicted octanol–water partition coefficient (Wildman–Crippen LogP) is 4.57. The van der Waals surface area contributed by atoms with Crippen LogP contribution in [-0.4, -0.2) is 68.5 Å². The number of thioether (sulfide) groups is 1. The van der Waals surface area contributed by atoms with E-state index in [0.717, 1.165) is 60.6 Å². The first-order valence-corrected chi connectivity index (χ1v) is 12.7. The molecule has 0 radical (unpaired) electrons. The van der Waals surface area contributed by atoms with E-state index in [2.05, 4.69) is 20.1 Å². The third-order valence-electron chi connectivity index (χ3n) is 6.35. The maximum atomic E-state index is 13.5. The van der Waals surface area contributed by atoms with E-state index in [-0.39, 0.29) is 16.9 Å². The Morgan fingerprint density at radius 3 is 2.63 bits per heavy atom. The van der Waals surface area contributed by atoms with Crippen LogP contribution in [0.3, 0.4) is 0 Å². The Morgan fingerprint density at radius 2 is 1.86 bits per heavy atom. The van der Waals surface area contributed by atoms with Gasteiger partial charge in [0.05, 0.1) is 18.5 Å². The molecule has 1 saturated heterocycles. The Bertz CT molecular complexity index is 1330. The second kappa shape index (κ2) is 10.3. The third-order valence-corrected chi connectivity index (χ3v) is 7.43. The van der Waals surface area contributed by atoms with Crippen LogP contribution in [0.2, 0.25) is 0 Å². The molecule has 0 bridgehead atoms. The first-order chi connectivity index (χ1) is 17.0. The van der Waals surface area contributed by atoms with Gasteiger partial charge >= 0.3 is 0 Å². The fraction of sp³-hybridized carbons (Fsp3) is 0.346. The zero-order valence-corrected chi connectivity index (χ0v) is 20.6. The van der Waals surface area contributed by atoms with Gasteiger partial charge in [-0.25, -0.2) is 4.39 Å². The first kappa shape index (κ1) is 23.7. The lowest BCUT2D eigenvalue weighted by Crippen LogP contribution is -2.38. The number of morpholine rings is 1. The zero-order valence-electron chi connectivity index (χ0n) is 19.8. The minimum absolute atomic E-state index is 0.0519. The van der Waals surface area contributed by atoms with Crippen LogP contribution in [0.1, 0.15) is 23.0 Å². The smallest absolute Gasteiger partial charge is 0.192 e. The summed E-state index contributed by atoms with van der Waals surface area (Å²) in [6.45, 7) is 8.53. The minimum Gasteiger partial charge on any atom is -0.379 e. The van der Waals surface area contributed by atoms with Gasteiger partial charge in [-0.15, -0.1) is 10.2 Å². The van der Waals surface area contributed by atoms with Crippen molar-refractivity contribution in [1.29, 1.82) is 0 Å². The molecule has 0 unspecified atom stereocenters. The molecule has 182 valence electrons. The quantitative estimate of drug-likeness (QED) is 0.286. The molecule has 1 atom stereocenters. The van der Waals surface area contributed by atoms with E-state index in [0.29, 0.717) is 17.5 Å². The zero-order chi connectivity index (χ0) is 24.4. The van der Waals surface area contributed by atoms with Gasteiger partial charge in [0.2, 0.25) is 0 Å². The number of aryl methyl sites for hydroxylation is 1. The highest BCUT2D eigenvalue weighted by molar-refractivity contribution is 8.00. The lowest BCUT2D eigenvalue weighted by Gasteiger charge is -2.27. The summed E-state index contributed by atoms with van der Waals surface area (Å²) < 4.78 is 21.0. The SMILES string of the molecule is Cc1[nH]c2ccccc2c1C(=O)[C@H](C)Sc1nnc(-c2ccc(F)cc2)n1CCN1CCOCC1. The number of benzene rings is 2. The lowest BCUT2D eigenvalue weighted by molar-refractivity contribution is 0.0361. The number of rotatable bonds is 8. The second-order valence-electron chi connectivity index (χ2n) is 8.71. The Balaban J connectivity index is 1.42. The van der Waals surface area contributed by atoms with E-state index in [9.17, 15) is 9.18 Å². The van der Waals surface area contributed by atoms with Crippen molar-refractivity contribution in [2.24, 2.45) is 0 Å². The highest BCUT2D eigenvalue weighted by atomic mass is 32.2. The molecule has 35 heavy (non-hydrogen) atoms. The molecule has 0 amide bonds. The highest BCUT2D eigenvalue weighted by Gasteiger charge is 2.25. The Morgan fingerprint density at radius 1 is 1.11 bits per heavy atom. The third kappa shape index (κ3) is 5.03. The van der Waals surface area contributed by atoms with Crippen molar-refractivity contribution in [2.45, 2.75) is 30.8 Å². The molecule has 0 aliphatic carbocycles. The molecule has 0 spiro atoms. The molecule has 4 aromatic rings. The number of fused-ring (bicyclic) bond motifs is 1. The Labute approximate surface area is 207 Å². The molecule has 1 aliphatic rings. The van der Waals surface area contributed by atoms with Crippen LogP contribution < -0.4 is 0 Å². The van der Waals surface area contributed by atoms with Crippen LogP contribution in [-0.2, 0) is 11.3 Å². The van der Waals surface area contributed by atoms with Gasteiger partial charge in [-0.3, -0.25) is 9.69 Å². The van der Waals surface area contributed by atoms with E-state index < -0.39 is 0 Å². The number of Topliss-reactive ketones (excluding diaryl/α,β-unsaturated/α-hetero) is 1. The van der Waals surface area contributed by atoms with Gasteiger partial charge in [0, 0.05) is 53.9 Å². The molecule has 7 nitrogen and oxygen atoms in total. The van der Waals surface area contributed by atoms with Gasteiger partial charge in [0.25, 0.3) is 0 Å². The van der Waals surface area contributed by atoms with Gasteiger partial charge in [0.1, 0.15) is 5.82 Å². The van der Waals surface area contributed by atoms with Crippen LogP contribution in [0.15, 0.2) is 53.7 Å². The number of hydrogen-bond donors (Lipinski definition) is 1. The van der Waals surface area contributed by atoms with Crippen molar-refractivity contribution < 1.29 is 13.9 Å². The molecule has 0 saturated carbocycles. The maximum absolute atomic E-state index is 13.5. The number of carbonyl (C=O) groups is 1. The lowest BCUT2D eigenvalue weighted by atomic mass is 10.1. The number of ether oxygens (including phenoxy) is 1. The first-order valence-electron chi connectivity index (χ1n) is 11.8. The molecular formula is C26H28FN5O2S. The standard InChI is InChI=1S/C26H28FN5O2S/c1-17-23(21-5-3-4-6-22(21)28-17)24(33)18(2)35-26-30-29-25(19-7-9-20(27)10-8-19)32(26)12-11-31-13-15-34-16-14-31/h3-10,18,28H,11-16H2,1-2H3/t18-/m0/s1. The summed E-state index contributed by atoms with van der Waals surface area (Å²) in [5.74, 6) is 0.427. The van der Waals surface area contributed by atoms with E-state index in [1.165, 1.54) is 23.9 Å². The molecule has 1 aliphatic heterocycles. The summed E-state index contributed by atoms with van der Waals surface area (Å²) in [6.07, 6.45) is 0. The Kier molecular flexibility index (Phi) is 6.99. The van der Waals surface area contributed by atoms with Crippen LogP contribution in [0.5, 0.6) is 0 Å². The molecular weight excluding hydrogens is 465 g/mol. The topological polar surface area (TPSA) is 76.0 Å². The van der Waals surface area contributed by atoms with Gasteiger partial charge in [0.15, 0.2) is 16.8 Å². The van der Waals surface area contributed by atoms with Crippen LogP contribution >= 0.6 is 11.8 Å². The van der Waals surface area contributed by atoms with Crippen molar-refractivity contribution in [3.63, 3.8) is 0 Å². The van der Waals surface area contributed by atoms with Crippen LogP contribution in [0.4, 0.5) is 4.39 Å². The van der Waals surface area contributed by atoms with Gasteiger partial charge in [-0.1, -0.05) is 30.0 Å². The summed E-state index contributed by atoms with van der Waals surface area (Å²) in [5, 5.41) is 10.1. The molecule has 5 rings (SSSR count). The number of halogens is 1. The molecule has 2 aromatic heterocycles. The normalized spacial score (nSPS) is 15.5. The summed E-state index contributed by atoms with van der Waals surface area (Å²) in [5.41, 5.74) is 3.33. The van der Waals surface area contributed by atoms with Crippen molar-refractivity contribution in [3.05, 3.63) is 65.6 Å². The number of nitrogens with zero attached hydrogens (tertiary/aromatic N) is 4. The van der Waals surface area contributed by atoms with Gasteiger partial charge in [-0.05, 0) is 44.2 Å². The number of aromatic nitrogens is 4. The molecule has 1 N–H and O–H groups in total. The largest absolute Gasteiger partial charge is 0.379 e. The van der Waals surface area contributed by atoms with Crippen molar-refractivity contribution in [3.8, 4) is 11.4 Å². The number of aromatic amines is 1. The van der Waals surface area contributed by atoms with Crippen molar-refractivity contribution >= 4 is 28.4 Å². The van der Waals surface area contributed by atoms with Crippen LogP contribution in [0.25, 0.3) is 22.3 Å².